The van der Waals surface area contributed by atoms with Crippen molar-refractivity contribution >= 4 is 22.7 Å². The Hall–Kier alpha value is -3.49. The van der Waals surface area contributed by atoms with E-state index >= 15 is 0 Å². The molecule has 0 spiro atoms. The van der Waals surface area contributed by atoms with Crippen molar-refractivity contribution in [2.24, 2.45) is 0 Å². The van der Waals surface area contributed by atoms with Crippen molar-refractivity contribution in [3.05, 3.63) is 94.0 Å². The topological polar surface area (TPSA) is 46.4 Å². The van der Waals surface area contributed by atoms with Gasteiger partial charge in [-0.3, -0.25) is 10.1 Å². The average molecular weight is 394 g/mol. The highest BCUT2D eigenvalue weighted by Crippen LogP contribution is 2.42. The van der Waals surface area contributed by atoms with Gasteiger partial charge in [0, 0.05) is 29.2 Å². The number of benzene rings is 3. The second-order valence-electron chi connectivity index (χ2n) is 5.73. The van der Waals surface area contributed by atoms with Crippen molar-refractivity contribution in [3.8, 4) is 0 Å². The van der Waals surface area contributed by atoms with Crippen LogP contribution in [0.5, 0.6) is 0 Å². The molecule has 0 aliphatic heterocycles. The van der Waals surface area contributed by atoms with Crippen molar-refractivity contribution in [3.63, 3.8) is 0 Å². The van der Waals surface area contributed by atoms with Gasteiger partial charge >= 0.3 is 6.18 Å². The van der Waals surface area contributed by atoms with E-state index in [1.807, 2.05) is 0 Å². The minimum atomic E-state index is -4.98. The van der Waals surface area contributed by atoms with Crippen LogP contribution in [0.2, 0.25) is 0 Å². The van der Waals surface area contributed by atoms with Crippen LogP contribution in [-0.4, -0.2) is 4.92 Å². The fraction of sp³-hybridized carbons (Fsp3) is 0.0526. The molecule has 0 aromatic heterocycles. The quantitative estimate of drug-likeness (QED) is 0.294. The van der Waals surface area contributed by atoms with E-state index in [-0.39, 0.29) is 11.4 Å². The van der Waals surface area contributed by atoms with E-state index in [2.05, 4.69) is 0 Å². The Morgan fingerprint density at radius 3 is 1.96 bits per heavy atom. The summed E-state index contributed by atoms with van der Waals surface area (Å²) in [4.78, 5) is 11.1. The van der Waals surface area contributed by atoms with E-state index in [4.69, 9.17) is 0 Å². The minimum absolute atomic E-state index is 0.0482. The Balaban J connectivity index is 2.24. The number of halogens is 5. The van der Waals surface area contributed by atoms with Gasteiger partial charge in [-0.2, -0.15) is 13.2 Å². The third-order valence-corrected chi connectivity index (χ3v) is 3.92. The number of nitro benzene ring substituents is 1. The predicted octanol–water partition coefficient (Wildman–Crippen LogP) is 6.36. The molecule has 0 amide bonds. The Bertz CT molecular complexity index is 1020. The van der Waals surface area contributed by atoms with Crippen LogP contribution in [0.25, 0.3) is 0 Å². The van der Waals surface area contributed by atoms with E-state index in [1.165, 1.54) is 11.0 Å². The summed E-state index contributed by atoms with van der Waals surface area (Å²) in [5.74, 6) is -2.30. The molecule has 3 aromatic carbocycles. The Morgan fingerprint density at radius 1 is 0.786 bits per heavy atom. The van der Waals surface area contributed by atoms with Gasteiger partial charge in [0.2, 0.25) is 0 Å². The van der Waals surface area contributed by atoms with Crippen molar-refractivity contribution < 1.29 is 26.9 Å². The van der Waals surface area contributed by atoms with Crippen LogP contribution in [-0.2, 0) is 6.18 Å². The first-order valence-electron chi connectivity index (χ1n) is 7.84. The summed E-state index contributed by atoms with van der Waals surface area (Å²) in [6.45, 7) is 0. The second-order valence-corrected chi connectivity index (χ2v) is 5.73. The van der Waals surface area contributed by atoms with Gasteiger partial charge in [0.25, 0.3) is 5.69 Å². The zero-order valence-electron chi connectivity index (χ0n) is 14.0. The molecule has 0 aliphatic carbocycles. The van der Waals surface area contributed by atoms with Crippen LogP contribution in [0, 0.1) is 21.7 Å². The Morgan fingerprint density at radius 2 is 1.39 bits per heavy atom. The lowest BCUT2D eigenvalue weighted by Gasteiger charge is -2.26. The van der Waals surface area contributed by atoms with Gasteiger partial charge in [0.05, 0.1) is 4.92 Å². The molecule has 0 saturated carbocycles. The minimum Gasteiger partial charge on any atom is -0.310 e. The number of para-hydroxylation sites is 1. The molecule has 0 fully saturated rings. The maximum absolute atomic E-state index is 13.7. The third-order valence-electron chi connectivity index (χ3n) is 3.92. The maximum atomic E-state index is 13.7. The fourth-order valence-corrected chi connectivity index (χ4v) is 2.70. The van der Waals surface area contributed by atoms with E-state index in [1.54, 1.807) is 30.3 Å². The SMILES string of the molecule is O=[N+]([O-])c1ccc(N(c2ccccc2)c2ccc(F)c(F)c2)cc1C(F)(F)F. The number of rotatable bonds is 4. The first-order chi connectivity index (χ1) is 13.2. The molecule has 0 N–H and O–H groups in total. The standard InChI is InChI=1S/C19H11F5N2O2/c20-16-8-6-14(11-17(16)21)25(12-4-2-1-3-5-12)13-7-9-18(26(27)28)15(10-13)19(22,23)24/h1-11H. The second kappa shape index (κ2) is 7.26. The molecule has 9 heteroatoms. The fourth-order valence-electron chi connectivity index (χ4n) is 2.70. The van der Waals surface area contributed by atoms with Crippen LogP contribution >= 0.6 is 0 Å². The zero-order chi connectivity index (χ0) is 20.5. The lowest BCUT2D eigenvalue weighted by molar-refractivity contribution is -0.388. The summed E-state index contributed by atoms with van der Waals surface area (Å²) in [5, 5.41) is 11.0. The largest absolute Gasteiger partial charge is 0.423 e. The average Bonchev–Trinajstić information content (AvgIpc) is 2.65. The molecule has 28 heavy (non-hydrogen) atoms. The lowest BCUT2D eigenvalue weighted by atomic mass is 10.1. The number of hydrogen-bond donors (Lipinski definition) is 0. The summed E-state index contributed by atoms with van der Waals surface area (Å²) in [7, 11) is 0. The summed E-state index contributed by atoms with van der Waals surface area (Å²) in [5.41, 5.74) is -2.24. The molecule has 3 rings (SSSR count). The number of hydrogen-bond acceptors (Lipinski definition) is 3. The summed E-state index contributed by atoms with van der Waals surface area (Å²) in [6, 6.07) is 13.3. The van der Waals surface area contributed by atoms with Crippen molar-refractivity contribution in [2.75, 3.05) is 4.90 Å². The van der Waals surface area contributed by atoms with Crippen molar-refractivity contribution in [1.29, 1.82) is 0 Å². The summed E-state index contributed by atoms with van der Waals surface area (Å²) >= 11 is 0. The van der Waals surface area contributed by atoms with Gasteiger partial charge in [-0.05, 0) is 36.4 Å². The highest BCUT2D eigenvalue weighted by molar-refractivity contribution is 5.77. The molecule has 0 atom stereocenters. The first kappa shape index (κ1) is 19.3. The highest BCUT2D eigenvalue weighted by Gasteiger charge is 2.39. The first-order valence-corrected chi connectivity index (χ1v) is 7.84. The van der Waals surface area contributed by atoms with E-state index in [0.717, 1.165) is 24.3 Å². The molecular formula is C19H11F5N2O2. The molecule has 144 valence electrons. The van der Waals surface area contributed by atoms with Crippen molar-refractivity contribution in [2.45, 2.75) is 6.18 Å². The molecular weight excluding hydrogens is 383 g/mol. The van der Waals surface area contributed by atoms with Gasteiger partial charge in [0.15, 0.2) is 11.6 Å². The maximum Gasteiger partial charge on any atom is 0.423 e. The molecule has 0 bridgehead atoms. The Labute approximate surface area is 155 Å². The van der Waals surface area contributed by atoms with Crippen LogP contribution < -0.4 is 4.90 Å². The summed E-state index contributed by atoms with van der Waals surface area (Å²) in [6.07, 6.45) is -4.98. The van der Waals surface area contributed by atoms with Crippen molar-refractivity contribution in [1.82, 2.24) is 0 Å². The lowest BCUT2D eigenvalue weighted by Crippen LogP contribution is -2.14. The number of nitro groups is 1. The van der Waals surface area contributed by atoms with Gasteiger partial charge in [-0.25, -0.2) is 8.78 Å². The molecule has 0 saturated heterocycles. The van der Waals surface area contributed by atoms with Crippen LogP contribution in [0.1, 0.15) is 5.56 Å². The van der Waals surface area contributed by atoms with Gasteiger partial charge in [-0.1, -0.05) is 18.2 Å². The molecule has 3 aromatic rings. The molecule has 4 nitrogen and oxygen atoms in total. The van der Waals surface area contributed by atoms with E-state index in [0.29, 0.717) is 11.8 Å². The van der Waals surface area contributed by atoms with E-state index < -0.39 is 34.0 Å². The monoisotopic (exact) mass is 394 g/mol. The summed E-state index contributed by atoms with van der Waals surface area (Å²) < 4.78 is 67.1. The van der Waals surface area contributed by atoms with Gasteiger partial charge in [-0.15, -0.1) is 0 Å². The van der Waals surface area contributed by atoms with Gasteiger partial charge in [0.1, 0.15) is 5.56 Å². The molecule has 0 unspecified atom stereocenters. The Kier molecular flexibility index (Phi) is 5.00. The normalized spacial score (nSPS) is 11.3. The third kappa shape index (κ3) is 3.78. The molecule has 0 heterocycles. The van der Waals surface area contributed by atoms with E-state index in [9.17, 15) is 32.1 Å². The smallest absolute Gasteiger partial charge is 0.310 e. The molecule has 0 aliphatic rings. The molecule has 0 radical (unpaired) electrons. The van der Waals surface area contributed by atoms with Crippen LogP contribution in [0.3, 0.4) is 0 Å². The van der Waals surface area contributed by atoms with Gasteiger partial charge < -0.3 is 4.90 Å². The number of nitrogens with zero attached hydrogens (tertiary/aromatic N) is 2. The predicted molar refractivity (Wildman–Crippen MR) is 92.7 cm³/mol. The highest BCUT2D eigenvalue weighted by atomic mass is 19.4. The number of alkyl halides is 3. The zero-order valence-corrected chi connectivity index (χ0v) is 14.0. The number of anilines is 3. The van der Waals surface area contributed by atoms with Crippen LogP contribution in [0.4, 0.5) is 44.7 Å². The van der Waals surface area contributed by atoms with Crippen LogP contribution in [0.15, 0.2) is 66.7 Å².